The number of Topliss-reactive ketones (excluding diaryl/α,β-unsaturated/α-hetero) is 1. The first-order valence-electron chi connectivity index (χ1n) is 14.6. The molecule has 2 aliphatic rings. The van der Waals surface area contributed by atoms with Crippen LogP contribution >= 0.6 is 24.0 Å². The van der Waals surface area contributed by atoms with Crippen molar-refractivity contribution in [1.82, 2.24) is 9.38 Å². The number of halogens is 3. The monoisotopic (exact) mass is 610 g/mol. The van der Waals surface area contributed by atoms with Gasteiger partial charge in [-0.25, -0.2) is 9.37 Å². The number of anilines is 2. The Bertz CT molecular complexity index is 1550. The Morgan fingerprint density at radius 1 is 1.07 bits per heavy atom. The van der Waals surface area contributed by atoms with Crippen molar-refractivity contribution in [1.29, 1.82) is 0 Å². The fourth-order valence-corrected chi connectivity index (χ4v) is 5.88. The number of hydrogen-bond acceptors (Lipinski definition) is 5. The smallest absolute Gasteiger partial charge is 0.181 e. The summed E-state index contributed by atoms with van der Waals surface area (Å²) >= 11 is 6.17. The fraction of sp³-hybridized carbons (Fsp3) is 0.394. The van der Waals surface area contributed by atoms with Crippen LogP contribution in [0.4, 0.5) is 15.8 Å². The molecule has 2 fully saturated rings. The van der Waals surface area contributed by atoms with E-state index < -0.39 is 0 Å². The van der Waals surface area contributed by atoms with Crippen LogP contribution in [0.1, 0.15) is 54.9 Å². The maximum absolute atomic E-state index is 15.2. The van der Waals surface area contributed by atoms with Gasteiger partial charge in [-0.15, -0.1) is 12.4 Å². The number of aromatic nitrogens is 2. The summed E-state index contributed by atoms with van der Waals surface area (Å²) in [5.41, 5.74) is 4.56. The molecule has 42 heavy (non-hydrogen) atoms. The van der Waals surface area contributed by atoms with Crippen molar-refractivity contribution in [3.8, 4) is 5.75 Å². The number of rotatable bonds is 10. The zero-order valence-corrected chi connectivity index (χ0v) is 25.6. The summed E-state index contributed by atoms with van der Waals surface area (Å²) in [7, 11) is 0. The van der Waals surface area contributed by atoms with Crippen LogP contribution in [0.5, 0.6) is 5.75 Å². The molecular formula is C33H37Cl2FN4O2. The number of hydrogen-bond donors (Lipinski definition) is 0. The number of piperazine rings is 1. The average Bonchev–Trinajstić information content (AvgIpc) is 3.74. The molecule has 1 aliphatic carbocycles. The summed E-state index contributed by atoms with van der Waals surface area (Å²) in [5.74, 6) is 1.33. The normalized spacial score (nSPS) is 16.9. The molecule has 1 aliphatic heterocycles. The molecule has 4 aromatic rings. The maximum atomic E-state index is 15.2. The number of pyridine rings is 1. The van der Waals surface area contributed by atoms with Gasteiger partial charge in [0.1, 0.15) is 22.9 Å². The predicted octanol–water partition coefficient (Wildman–Crippen LogP) is 7.43. The van der Waals surface area contributed by atoms with E-state index in [9.17, 15) is 4.79 Å². The number of nitrogens with zero attached hydrogens (tertiary/aromatic N) is 4. The lowest BCUT2D eigenvalue weighted by Gasteiger charge is -2.42. The van der Waals surface area contributed by atoms with Crippen molar-refractivity contribution < 1.29 is 13.9 Å². The van der Waals surface area contributed by atoms with Gasteiger partial charge in [-0.3, -0.25) is 9.20 Å². The first-order chi connectivity index (χ1) is 19.9. The van der Waals surface area contributed by atoms with Gasteiger partial charge in [0.2, 0.25) is 0 Å². The SMILES string of the molecule is CCc1nc2ccc(Cl)cn2c1C(=O)CCc1ccc(N2CCN(c3ccc(OCC4CC4)cc3)[C@@H](C)C2)cc1F.Cl. The maximum Gasteiger partial charge on any atom is 0.181 e. The average molecular weight is 612 g/mol. The molecule has 0 N–H and O–H groups in total. The molecule has 0 amide bonds. The van der Waals surface area contributed by atoms with Crippen LogP contribution in [0.2, 0.25) is 5.02 Å². The van der Waals surface area contributed by atoms with Crippen molar-refractivity contribution >= 4 is 46.8 Å². The standard InChI is InChI=1S/C33H36ClFN4O2.ClH/c1-3-30-33(39-20-25(34)8-15-32(39)36-30)31(40)14-7-24-6-9-27(18-29(24)35)37-16-17-38(22(2)19-37)26-10-12-28(13-11-26)41-21-23-4-5-23;/h6,8-13,15,18,20,22-23H,3-5,7,14,16-17,19,21H2,1-2H3;1H/t22-;/m0./s1. The van der Waals surface area contributed by atoms with Crippen molar-refractivity contribution in [2.75, 3.05) is 36.0 Å². The second-order valence-electron chi connectivity index (χ2n) is 11.3. The van der Waals surface area contributed by atoms with Crippen molar-refractivity contribution in [2.24, 2.45) is 5.92 Å². The third kappa shape index (κ3) is 6.52. The number of carbonyl (C=O) groups is 1. The van der Waals surface area contributed by atoms with Crippen LogP contribution in [-0.4, -0.2) is 47.5 Å². The van der Waals surface area contributed by atoms with Crippen LogP contribution in [0.25, 0.3) is 5.65 Å². The van der Waals surface area contributed by atoms with Crippen LogP contribution in [0.15, 0.2) is 60.8 Å². The molecule has 2 aromatic carbocycles. The van der Waals surface area contributed by atoms with Crippen LogP contribution in [0.3, 0.4) is 0 Å². The second kappa shape index (κ2) is 12.9. The molecule has 1 atom stereocenters. The second-order valence-corrected chi connectivity index (χ2v) is 11.7. The van der Waals surface area contributed by atoms with Gasteiger partial charge in [0, 0.05) is 49.7 Å². The Labute approximate surface area is 257 Å². The Morgan fingerprint density at radius 2 is 1.83 bits per heavy atom. The van der Waals surface area contributed by atoms with Gasteiger partial charge in [0.25, 0.3) is 0 Å². The highest BCUT2D eigenvalue weighted by Crippen LogP contribution is 2.31. The first-order valence-corrected chi connectivity index (χ1v) is 15.0. The Balaban J connectivity index is 0.00000353. The first kappa shape index (κ1) is 30.2. The van der Waals surface area contributed by atoms with Crippen molar-refractivity contribution in [3.05, 3.63) is 88.6 Å². The van der Waals surface area contributed by atoms with Crippen LogP contribution in [0, 0.1) is 11.7 Å². The lowest BCUT2D eigenvalue weighted by molar-refractivity contribution is 0.0976. The number of fused-ring (bicyclic) bond motifs is 1. The highest BCUT2D eigenvalue weighted by Gasteiger charge is 2.26. The largest absolute Gasteiger partial charge is 0.493 e. The summed E-state index contributed by atoms with van der Waals surface area (Å²) in [5, 5.41) is 0.537. The van der Waals surface area contributed by atoms with E-state index in [2.05, 4.69) is 46.0 Å². The minimum Gasteiger partial charge on any atom is -0.493 e. The Kier molecular flexibility index (Phi) is 9.28. The van der Waals surface area contributed by atoms with Gasteiger partial charge in [0.05, 0.1) is 17.3 Å². The molecule has 0 unspecified atom stereocenters. The highest BCUT2D eigenvalue weighted by atomic mass is 35.5. The summed E-state index contributed by atoms with van der Waals surface area (Å²) in [6.07, 6.45) is 5.44. The Hall–Kier alpha value is -3.29. The molecular weight excluding hydrogens is 574 g/mol. The Morgan fingerprint density at radius 3 is 2.52 bits per heavy atom. The zero-order valence-electron chi connectivity index (χ0n) is 24.1. The van der Waals surface area contributed by atoms with E-state index in [-0.39, 0.29) is 36.5 Å². The molecule has 9 heteroatoms. The summed E-state index contributed by atoms with van der Waals surface area (Å²) in [6, 6.07) is 17.6. The van der Waals surface area contributed by atoms with Gasteiger partial charge in [-0.05, 0) is 92.6 Å². The van der Waals surface area contributed by atoms with Gasteiger partial charge in [0.15, 0.2) is 5.78 Å². The number of carbonyl (C=O) groups excluding carboxylic acids is 1. The molecule has 0 spiro atoms. The third-order valence-corrected chi connectivity index (χ3v) is 8.48. The summed E-state index contributed by atoms with van der Waals surface area (Å²) in [4.78, 5) is 22.4. The van der Waals surface area contributed by atoms with E-state index in [0.29, 0.717) is 34.8 Å². The lowest BCUT2D eigenvalue weighted by Crippen LogP contribution is -2.52. The highest BCUT2D eigenvalue weighted by molar-refractivity contribution is 6.30. The molecule has 222 valence electrons. The zero-order chi connectivity index (χ0) is 28.5. The number of benzene rings is 2. The van der Waals surface area contributed by atoms with E-state index in [0.717, 1.165) is 49.3 Å². The molecule has 6 rings (SSSR count). The van der Waals surface area contributed by atoms with E-state index >= 15 is 4.39 Å². The molecule has 6 nitrogen and oxygen atoms in total. The van der Waals surface area contributed by atoms with E-state index in [1.54, 1.807) is 28.8 Å². The van der Waals surface area contributed by atoms with Gasteiger partial charge in [-0.2, -0.15) is 0 Å². The summed E-state index contributed by atoms with van der Waals surface area (Å²) in [6.45, 7) is 7.45. The molecule has 3 heterocycles. The van der Waals surface area contributed by atoms with Gasteiger partial charge < -0.3 is 14.5 Å². The molecule has 0 bridgehead atoms. The van der Waals surface area contributed by atoms with Crippen LogP contribution < -0.4 is 14.5 Å². The van der Waals surface area contributed by atoms with Crippen LogP contribution in [-0.2, 0) is 12.8 Å². The number of aryl methyl sites for hydroxylation is 2. The molecule has 1 saturated carbocycles. The molecule has 0 radical (unpaired) electrons. The quantitative estimate of drug-likeness (QED) is 0.175. The lowest BCUT2D eigenvalue weighted by atomic mass is 10.0. The van der Waals surface area contributed by atoms with Gasteiger partial charge in [-0.1, -0.05) is 24.6 Å². The minimum atomic E-state index is -0.274. The molecule has 2 aromatic heterocycles. The number of imidazole rings is 1. The van der Waals surface area contributed by atoms with Crippen molar-refractivity contribution in [3.63, 3.8) is 0 Å². The van der Waals surface area contributed by atoms with E-state index in [4.69, 9.17) is 16.3 Å². The minimum absolute atomic E-state index is 0. The number of ether oxygens (including phenoxy) is 1. The number of ketones is 1. The van der Waals surface area contributed by atoms with Gasteiger partial charge >= 0.3 is 0 Å². The molecule has 1 saturated heterocycles. The third-order valence-electron chi connectivity index (χ3n) is 8.26. The van der Waals surface area contributed by atoms with E-state index in [1.807, 2.05) is 19.1 Å². The fourth-order valence-electron chi connectivity index (χ4n) is 5.72. The topological polar surface area (TPSA) is 50.1 Å². The summed E-state index contributed by atoms with van der Waals surface area (Å²) < 4.78 is 22.9. The van der Waals surface area contributed by atoms with Crippen molar-refractivity contribution in [2.45, 2.75) is 52.0 Å². The predicted molar refractivity (Wildman–Crippen MR) is 170 cm³/mol. The van der Waals surface area contributed by atoms with E-state index in [1.165, 1.54) is 18.5 Å².